The van der Waals surface area contributed by atoms with Gasteiger partial charge >= 0.3 is 0 Å². The minimum atomic E-state index is -0.0742. The van der Waals surface area contributed by atoms with E-state index in [1.165, 1.54) is 5.56 Å². The highest BCUT2D eigenvalue weighted by molar-refractivity contribution is 5.45. The van der Waals surface area contributed by atoms with Gasteiger partial charge in [-0.05, 0) is 30.0 Å². The molecule has 3 nitrogen and oxygen atoms in total. The molecule has 0 aromatic heterocycles. The van der Waals surface area contributed by atoms with Crippen molar-refractivity contribution in [1.82, 2.24) is 0 Å². The molecule has 16 heavy (non-hydrogen) atoms. The third kappa shape index (κ3) is 3.83. The number of benzene rings is 1. The molecule has 0 radical (unpaired) electrons. The molecular formula is C13H21NO2. The van der Waals surface area contributed by atoms with Gasteiger partial charge in [0, 0.05) is 12.3 Å². The molecule has 0 spiro atoms. The molecule has 0 heterocycles. The number of anilines is 1. The Kier molecular flexibility index (Phi) is 5.29. The molecule has 1 unspecified atom stereocenters. The van der Waals surface area contributed by atoms with Crippen LogP contribution in [0.1, 0.15) is 31.7 Å². The second kappa shape index (κ2) is 6.51. The van der Waals surface area contributed by atoms with Crippen LogP contribution >= 0.6 is 0 Å². The summed E-state index contributed by atoms with van der Waals surface area (Å²) in [5, 5.41) is 21.1. The van der Waals surface area contributed by atoms with Crippen LogP contribution in [-0.4, -0.2) is 29.5 Å². The van der Waals surface area contributed by atoms with E-state index in [0.717, 1.165) is 5.69 Å². The number of rotatable bonds is 6. The van der Waals surface area contributed by atoms with Crippen molar-refractivity contribution in [3.63, 3.8) is 0 Å². The lowest BCUT2D eigenvalue weighted by Crippen LogP contribution is -2.24. The van der Waals surface area contributed by atoms with Crippen molar-refractivity contribution in [3.05, 3.63) is 29.8 Å². The van der Waals surface area contributed by atoms with E-state index in [9.17, 15) is 0 Å². The van der Waals surface area contributed by atoms with Crippen molar-refractivity contribution in [2.24, 2.45) is 0 Å². The fraction of sp³-hybridized carbons (Fsp3) is 0.538. The third-order valence-electron chi connectivity index (χ3n) is 2.65. The Bertz CT molecular complexity index is 295. The molecule has 1 aromatic rings. The van der Waals surface area contributed by atoms with Gasteiger partial charge in [-0.25, -0.2) is 0 Å². The molecule has 1 atom stereocenters. The summed E-state index contributed by atoms with van der Waals surface area (Å²) in [4.78, 5) is 0. The highest BCUT2D eigenvalue weighted by Crippen LogP contribution is 2.17. The van der Waals surface area contributed by atoms with Crippen molar-refractivity contribution in [3.8, 4) is 0 Å². The van der Waals surface area contributed by atoms with E-state index in [-0.39, 0.29) is 19.3 Å². The normalized spacial score (nSPS) is 12.8. The fourth-order valence-corrected chi connectivity index (χ4v) is 1.56. The first-order valence-electron chi connectivity index (χ1n) is 5.75. The molecule has 0 fully saturated rings. The first-order chi connectivity index (χ1) is 7.67. The summed E-state index contributed by atoms with van der Waals surface area (Å²) in [5.41, 5.74) is 2.28. The second-order valence-electron chi connectivity index (χ2n) is 4.31. The molecule has 0 aliphatic heterocycles. The van der Waals surface area contributed by atoms with Crippen LogP contribution in [0.5, 0.6) is 0 Å². The van der Waals surface area contributed by atoms with E-state index in [2.05, 4.69) is 31.3 Å². The summed E-state index contributed by atoms with van der Waals surface area (Å²) >= 11 is 0. The van der Waals surface area contributed by atoms with Gasteiger partial charge in [-0.1, -0.05) is 26.0 Å². The molecule has 3 N–H and O–H groups in total. The summed E-state index contributed by atoms with van der Waals surface area (Å²) in [6.45, 7) is 4.43. The van der Waals surface area contributed by atoms with Crippen molar-refractivity contribution in [2.75, 3.05) is 18.5 Å². The van der Waals surface area contributed by atoms with Crippen molar-refractivity contribution in [2.45, 2.75) is 32.2 Å². The van der Waals surface area contributed by atoms with Gasteiger partial charge in [0.1, 0.15) is 0 Å². The van der Waals surface area contributed by atoms with Crippen LogP contribution in [0.4, 0.5) is 5.69 Å². The molecule has 0 aliphatic rings. The number of hydrogen-bond acceptors (Lipinski definition) is 3. The predicted octanol–water partition coefficient (Wildman–Crippen LogP) is 1.97. The smallest absolute Gasteiger partial charge is 0.0633 e. The summed E-state index contributed by atoms with van der Waals surface area (Å²) in [6, 6.07) is 8.11. The summed E-state index contributed by atoms with van der Waals surface area (Å²) in [7, 11) is 0. The van der Waals surface area contributed by atoms with E-state index in [1.54, 1.807) is 0 Å². The van der Waals surface area contributed by atoms with Crippen molar-refractivity contribution >= 4 is 5.69 Å². The van der Waals surface area contributed by atoms with Crippen LogP contribution in [0.3, 0.4) is 0 Å². The van der Waals surface area contributed by atoms with Crippen LogP contribution < -0.4 is 5.32 Å². The Morgan fingerprint density at radius 2 is 1.75 bits per heavy atom. The van der Waals surface area contributed by atoms with Crippen LogP contribution in [0.15, 0.2) is 24.3 Å². The summed E-state index contributed by atoms with van der Waals surface area (Å²) in [6.07, 6.45) is 0.558. The fourth-order valence-electron chi connectivity index (χ4n) is 1.56. The maximum atomic E-state index is 9.09. The maximum Gasteiger partial charge on any atom is 0.0633 e. The summed E-state index contributed by atoms with van der Waals surface area (Å²) < 4.78 is 0. The number of nitrogens with one attached hydrogen (secondary N) is 1. The van der Waals surface area contributed by atoms with Gasteiger partial charge in [0.05, 0.1) is 12.6 Å². The van der Waals surface area contributed by atoms with Crippen molar-refractivity contribution in [1.29, 1.82) is 0 Å². The Balaban J connectivity index is 2.60. The Hall–Kier alpha value is -1.06. The standard InChI is InChI=1S/C13H21NO2/c1-10(2)11-3-5-12(6-4-11)14-13(9-16)7-8-15/h3-6,10,13-16H,7-9H2,1-2H3. The zero-order valence-corrected chi connectivity index (χ0v) is 9.98. The van der Waals surface area contributed by atoms with Crippen molar-refractivity contribution < 1.29 is 10.2 Å². The first kappa shape index (κ1) is 13.0. The lowest BCUT2D eigenvalue weighted by Gasteiger charge is -2.17. The van der Waals surface area contributed by atoms with E-state index in [1.807, 2.05) is 12.1 Å². The largest absolute Gasteiger partial charge is 0.396 e. The lowest BCUT2D eigenvalue weighted by atomic mass is 10.0. The van der Waals surface area contributed by atoms with Crippen LogP contribution in [0, 0.1) is 0 Å². The van der Waals surface area contributed by atoms with Gasteiger partial charge in [0.2, 0.25) is 0 Å². The SMILES string of the molecule is CC(C)c1ccc(NC(CO)CCO)cc1. The zero-order chi connectivity index (χ0) is 12.0. The molecule has 0 saturated carbocycles. The van der Waals surface area contributed by atoms with E-state index in [0.29, 0.717) is 12.3 Å². The zero-order valence-electron chi connectivity index (χ0n) is 9.98. The van der Waals surface area contributed by atoms with Gasteiger partial charge in [0.25, 0.3) is 0 Å². The highest BCUT2D eigenvalue weighted by Gasteiger charge is 2.06. The molecule has 0 amide bonds. The molecule has 3 heteroatoms. The highest BCUT2D eigenvalue weighted by atomic mass is 16.3. The summed E-state index contributed by atoms with van der Waals surface area (Å²) in [5.74, 6) is 0.528. The number of aliphatic hydroxyl groups is 2. The van der Waals surface area contributed by atoms with Crippen LogP contribution in [0.2, 0.25) is 0 Å². The Morgan fingerprint density at radius 1 is 1.12 bits per heavy atom. The minimum Gasteiger partial charge on any atom is -0.396 e. The van der Waals surface area contributed by atoms with Crippen LogP contribution in [-0.2, 0) is 0 Å². The number of aliphatic hydroxyl groups excluding tert-OH is 2. The van der Waals surface area contributed by atoms with Gasteiger partial charge in [-0.3, -0.25) is 0 Å². The van der Waals surface area contributed by atoms with Gasteiger partial charge in [-0.15, -0.1) is 0 Å². The molecular weight excluding hydrogens is 202 g/mol. The lowest BCUT2D eigenvalue weighted by molar-refractivity contribution is 0.229. The minimum absolute atomic E-state index is 0.0342. The quantitative estimate of drug-likeness (QED) is 0.691. The third-order valence-corrected chi connectivity index (χ3v) is 2.65. The topological polar surface area (TPSA) is 52.5 Å². The van der Waals surface area contributed by atoms with Gasteiger partial charge in [-0.2, -0.15) is 0 Å². The van der Waals surface area contributed by atoms with Crippen LogP contribution in [0.25, 0.3) is 0 Å². The molecule has 0 aliphatic carbocycles. The van der Waals surface area contributed by atoms with E-state index < -0.39 is 0 Å². The monoisotopic (exact) mass is 223 g/mol. The number of hydrogen-bond donors (Lipinski definition) is 3. The molecule has 90 valence electrons. The predicted molar refractivity (Wildman–Crippen MR) is 66.7 cm³/mol. The molecule has 1 aromatic carbocycles. The second-order valence-corrected chi connectivity index (χ2v) is 4.31. The first-order valence-corrected chi connectivity index (χ1v) is 5.75. The van der Waals surface area contributed by atoms with Gasteiger partial charge in [0.15, 0.2) is 0 Å². The molecule has 0 bridgehead atoms. The van der Waals surface area contributed by atoms with E-state index >= 15 is 0 Å². The van der Waals surface area contributed by atoms with Gasteiger partial charge < -0.3 is 15.5 Å². The Labute approximate surface area is 97.1 Å². The van der Waals surface area contributed by atoms with E-state index in [4.69, 9.17) is 10.2 Å². The average Bonchev–Trinajstić information content (AvgIpc) is 2.29. The Morgan fingerprint density at radius 3 is 2.19 bits per heavy atom. The average molecular weight is 223 g/mol. The molecule has 1 rings (SSSR count). The maximum absolute atomic E-state index is 9.09. The molecule has 0 saturated heterocycles.